The van der Waals surface area contributed by atoms with Crippen LogP contribution in [-0.2, 0) is 26.2 Å². The summed E-state index contributed by atoms with van der Waals surface area (Å²) in [5, 5.41) is 0.482. The molecule has 0 amide bonds. The number of methoxy groups -OCH3 is 1. The molecular formula is C21H24ClNO5S. The minimum Gasteiger partial charge on any atom is -0.496 e. The van der Waals surface area contributed by atoms with E-state index in [4.69, 9.17) is 21.1 Å². The fourth-order valence-corrected chi connectivity index (χ4v) is 4.97. The second-order valence-electron chi connectivity index (χ2n) is 7.06. The van der Waals surface area contributed by atoms with Gasteiger partial charge in [0.05, 0.1) is 17.9 Å². The lowest BCUT2D eigenvalue weighted by Gasteiger charge is -2.30. The quantitative estimate of drug-likeness (QED) is 0.642. The Morgan fingerprint density at radius 2 is 1.79 bits per heavy atom. The first-order chi connectivity index (χ1) is 13.8. The molecule has 1 saturated heterocycles. The van der Waals surface area contributed by atoms with E-state index in [0.29, 0.717) is 23.6 Å². The largest absolute Gasteiger partial charge is 0.496 e. The van der Waals surface area contributed by atoms with Gasteiger partial charge in [-0.3, -0.25) is 4.79 Å². The van der Waals surface area contributed by atoms with E-state index in [1.54, 1.807) is 19.2 Å². The summed E-state index contributed by atoms with van der Waals surface area (Å²) in [6.07, 6.45) is 0.854. The smallest absolute Gasteiger partial charge is 0.309 e. The van der Waals surface area contributed by atoms with E-state index in [1.807, 2.05) is 25.1 Å². The van der Waals surface area contributed by atoms with Crippen molar-refractivity contribution in [2.75, 3.05) is 20.2 Å². The highest BCUT2D eigenvalue weighted by Gasteiger charge is 2.32. The summed E-state index contributed by atoms with van der Waals surface area (Å²) in [6.45, 7) is 2.64. The highest BCUT2D eigenvalue weighted by Crippen LogP contribution is 2.26. The van der Waals surface area contributed by atoms with Gasteiger partial charge in [-0.15, -0.1) is 0 Å². The van der Waals surface area contributed by atoms with Gasteiger partial charge >= 0.3 is 5.97 Å². The van der Waals surface area contributed by atoms with Crippen molar-refractivity contribution < 1.29 is 22.7 Å². The molecule has 0 N–H and O–H groups in total. The van der Waals surface area contributed by atoms with Crippen molar-refractivity contribution in [1.82, 2.24) is 4.31 Å². The molecule has 1 aliphatic heterocycles. The topological polar surface area (TPSA) is 72.9 Å². The summed E-state index contributed by atoms with van der Waals surface area (Å²) >= 11 is 5.84. The average molecular weight is 438 g/mol. The Balaban J connectivity index is 1.57. The van der Waals surface area contributed by atoms with E-state index in [0.717, 1.165) is 11.1 Å². The fourth-order valence-electron chi connectivity index (χ4n) is 3.37. The molecule has 2 aromatic rings. The number of hydrogen-bond donors (Lipinski definition) is 0. The molecule has 0 saturated carbocycles. The first-order valence-electron chi connectivity index (χ1n) is 9.37. The van der Waals surface area contributed by atoms with Crippen molar-refractivity contribution in [2.24, 2.45) is 5.92 Å². The van der Waals surface area contributed by atoms with E-state index in [9.17, 15) is 13.2 Å². The lowest BCUT2D eigenvalue weighted by Crippen LogP contribution is -2.40. The molecule has 0 radical (unpaired) electrons. The summed E-state index contributed by atoms with van der Waals surface area (Å²) in [5.74, 6) is 0.0480. The number of sulfonamides is 1. The molecule has 0 spiro atoms. The summed E-state index contributed by atoms with van der Waals surface area (Å²) in [6, 6.07) is 11.8. The molecule has 8 heteroatoms. The van der Waals surface area contributed by atoms with Gasteiger partial charge in [-0.2, -0.15) is 4.31 Å². The first-order valence-corrected chi connectivity index (χ1v) is 11.2. The molecule has 0 bridgehead atoms. The van der Waals surface area contributed by atoms with Gasteiger partial charge in [0.25, 0.3) is 0 Å². The van der Waals surface area contributed by atoms with E-state index in [1.165, 1.54) is 16.4 Å². The van der Waals surface area contributed by atoms with Gasteiger partial charge in [0.1, 0.15) is 12.4 Å². The number of aryl methyl sites for hydroxylation is 1. The fraction of sp³-hybridized carbons (Fsp3) is 0.381. The van der Waals surface area contributed by atoms with Gasteiger partial charge in [-0.25, -0.2) is 8.42 Å². The molecule has 3 rings (SSSR count). The number of carbonyl (C=O) groups is 1. The molecule has 0 aromatic heterocycles. The number of benzene rings is 2. The lowest BCUT2D eigenvalue weighted by atomic mass is 9.98. The molecule has 0 unspecified atom stereocenters. The van der Waals surface area contributed by atoms with Crippen LogP contribution in [-0.4, -0.2) is 38.9 Å². The summed E-state index contributed by atoms with van der Waals surface area (Å²) in [4.78, 5) is 12.7. The Labute approximate surface area is 176 Å². The third kappa shape index (κ3) is 5.10. The number of nitrogens with zero attached hydrogens (tertiary/aromatic N) is 1. The Morgan fingerprint density at radius 1 is 1.14 bits per heavy atom. The number of rotatable bonds is 6. The van der Waals surface area contributed by atoms with Crippen molar-refractivity contribution >= 4 is 27.6 Å². The van der Waals surface area contributed by atoms with Crippen LogP contribution in [0.15, 0.2) is 47.4 Å². The zero-order chi connectivity index (χ0) is 21.0. The van der Waals surface area contributed by atoms with Gasteiger partial charge in [0, 0.05) is 23.7 Å². The third-order valence-corrected chi connectivity index (χ3v) is 7.21. The summed E-state index contributed by atoms with van der Waals surface area (Å²) in [5.41, 5.74) is 1.86. The predicted molar refractivity (Wildman–Crippen MR) is 110 cm³/mol. The Hall–Kier alpha value is -2.09. The average Bonchev–Trinajstić information content (AvgIpc) is 2.72. The van der Waals surface area contributed by atoms with Crippen molar-refractivity contribution in [1.29, 1.82) is 0 Å². The van der Waals surface area contributed by atoms with Crippen LogP contribution in [0.2, 0.25) is 5.02 Å². The standard InChI is InChI=1S/C21H24ClNO5S/c1-15-3-8-20(27-2)17(13-15)14-28-21(24)16-9-11-23(12-10-16)29(25,26)19-6-4-18(22)5-7-19/h3-8,13,16H,9-12,14H2,1-2H3. The Bertz CT molecular complexity index is 967. The maximum absolute atomic E-state index is 12.7. The Morgan fingerprint density at radius 3 is 2.41 bits per heavy atom. The number of hydrogen-bond acceptors (Lipinski definition) is 5. The zero-order valence-corrected chi connectivity index (χ0v) is 18.0. The first kappa shape index (κ1) is 21.6. The van der Waals surface area contributed by atoms with Crippen LogP contribution in [0, 0.1) is 12.8 Å². The lowest BCUT2D eigenvalue weighted by molar-refractivity contribution is -0.151. The molecular weight excluding hydrogens is 414 g/mol. The van der Waals surface area contributed by atoms with E-state index in [2.05, 4.69) is 0 Å². The molecule has 6 nitrogen and oxygen atoms in total. The zero-order valence-electron chi connectivity index (χ0n) is 16.4. The maximum atomic E-state index is 12.7. The normalized spacial score (nSPS) is 15.8. The molecule has 29 heavy (non-hydrogen) atoms. The van der Waals surface area contributed by atoms with E-state index < -0.39 is 10.0 Å². The molecule has 2 aromatic carbocycles. The van der Waals surface area contributed by atoms with Crippen LogP contribution in [0.3, 0.4) is 0 Å². The highest BCUT2D eigenvalue weighted by atomic mass is 35.5. The highest BCUT2D eigenvalue weighted by molar-refractivity contribution is 7.89. The predicted octanol–water partition coefficient (Wildman–Crippen LogP) is 3.80. The van der Waals surface area contributed by atoms with Gasteiger partial charge in [0.2, 0.25) is 10.0 Å². The van der Waals surface area contributed by atoms with Crippen molar-refractivity contribution in [3.05, 3.63) is 58.6 Å². The minimum absolute atomic E-state index is 0.132. The number of piperidine rings is 1. The minimum atomic E-state index is -3.59. The van der Waals surface area contributed by atoms with Crippen molar-refractivity contribution in [2.45, 2.75) is 31.3 Å². The van der Waals surface area contributed by atoms with Crippen LogP contribution in [0.4, 0.5) is 0 Å². The molecule has 0 aliphatic carbocycles. The molecule has 0 atom stereocenters. The second-order valence-corrected chi connectivity index (χ2v) is 9.43. The van der Waals surface area contributed by atoms with Crippen molar-refractivity contribution in [3.8, 4) is 5.75 Å². The second kappa shape index (κ2) is 9.15. The van der Waals surface area contributed by atoms with Gasteiger partial charge in [0.15, 0.2) is 0 Å². The van der Waals surface area contributed by atoms with Crippen LogP contribution < -0.4 is 4.74 Å². The van der Waals surface area contributed by atoms with Crippen LogP contribution in [0.25, 0.3) is 0 Å². The molecule has 1 heterocycles. The molecule has 1 aliphatic rings. The van der Waals surface area contributed by atoms with Crippen LogP contribution >= 0.6 is 11.6 Å². The summed E-state index contributed by atoms with van der Waals surface area (Å²) in [7, 11) is -2.01. The third-order valence-electron chi connectivity index (χ3n) is 5.04. The number of carbonyl (C=O) groups excluding carboxylic acids is 1. The number of ether oxygens (including phenoxy) is 2. The van der Waals surface area contributed by atoms with E-state index in [-0.39, 0.29) is 36.5 Å². The maximum Gasteiger partial charge on any atom is 0.309 e. The van der Waals surface area contributed by atoms with Crippen LogP contribution in [0.1, 0.15) is 24.0 Å². The number of halogens is 1. The Kier molecular flexibility index (Phi) is 6.82. The number of esters is 1. The monoisotopic (exact) mass is 437 g/mol. The summed E-state index contributed by atoms with van der Waals surface area (Å²) < 4.78 is 37.7. The van der Waals surface area contributed by atoms with E-state index >= 15 is 0 Å². The van der Waals surface area contributed by atoms with Crippen molar-refractivity contribution in [3.63, 3.8) is 0 Å². The SMILES string of the molecule is COc1ccc(C)cc1COC(=O)C1CCN(S(=O)(=O)c2ccc(Cl)cc2)CC1. The van der Waals surface area contributed by atoms with Gasteiger partial charge in [-0.1, -0.05) is 23.2 Å². The molecule has 1 fully saturated rings. The van der Waals surface area contributed by atoms with Gasteiger partial charge in [-0.05, 0) is 56.2 Å². The molecule has 156 valence electrons. The van der Waals surface area contributed by atoms with Crippen LogP contribution in [0.5, 0.6) is 5.75 Å². The van der Waals surface area contributed by atoms with Gasteiger partial charge < -0.3 is 9.47 Å².